The molecule has 2 aromatic rings. The van der Waals surface area contributed by atoms with Gasteiger partial charge in [-0.3, -0.25) is 4.79 Å². The fourth-order valence-electron chi connectivity index (χ4n) is 6.54. The highest BCUT2D eigenvalue weighted by Gasteiger charge is 2.50. The molecular formula is C22H26ClNO2. The smallest absolute Gasteiger partial charge is 0.287 e. The fraction of sp³-hybridized carbons (Fsp3) is 0.591. The Labute approximate surface area is 159 Å². The van der Waals surface area contributed by atoms with E-state index >= 15 is 0 Å². The van der Waals surface area contributed by atoms with Crippen molar-refractivity contribution in [2.45, 2.75) is 51.9 Å². The molecule has 0 unspecified atom stereocenters. The second kappa shape index (κ2) is 6.02. The predicted molar refractivity (Wildman–Crippen MR) is 104 cm³/mol. The van der Waals surface area contributed by atoms with Gasteiger partial charge >= 0.3 is 0 Å². The Morgan fingerprint density at radius 2 is 1.85 bits per heavy atom. The molecule has 4 fully saturated rings. The molecule has 1 aromatic carbocycles. The number of furan rings is 1. The van der Waals surface area contributed by atoms with Gasteiger partial charge < -0.3 is 9.73 Å². The summed E-state index contributed by atoms with van der Waals surface area (Å²) < 4.78 is 5.79. The van der Waals surface area contributed by atoms with E-state index in [0.29, 0.717) is 21.8 Å². The Kier molecular flexibility index (Phi) is 3.86. The zero-order valence-electron chi connectivity index (χ0n) is 15.3. The lowest BCUT2D eigenvalue weighted by atomic mass is 9.49. The van der Waals surface area contributed by atoms with Gasteiger partial charge in [0.05, 0.1) is 5.02 Å². The number of hydrogen-bond donors (Lipinski definition) is 1. The van der Waals surface area contributed by atoms with E-state index in [-0.39, 0.29) is 5.91 Å². The molecule has 4 saturated carbocycles. The lowest BCUT2D eigenvalue weighted by Crippen LogP contribution is -2.47. The number of halogens is 1. The SMILES string of the molecule is Cc1c(C(=O)NCCC23CC4CC(CC(C4)C2)C3)oc2c(Cl)cccc12. The van der Waals surface area contributed by atoms with Crippen molar-refractivity contribution in [3.8, 4) is 0 Å². The van der Waals surface area contributed by atoms with Crippen LogP contribution in [0.5, 0.6) is 0 Å². The summed E-state index contributed by atoms with van der Waals surface area (Å²) in [4.78, 5) is 12.7. The summed E-state index contributed by atoms with van der Waals surface area (Å²) in [6.07, 6.45) is 9.65. The van der Waals surface area contributed by atoms with E-state index in [1.807, 2.05) is 19.1 Å². The van der Waals surface area contributed by atoms with E-state index in [1.165, 1.54) is 38.5 Å². The summed E-state index contributed by atoms with van der Waals surface area (Å²) in [6.45, 7) is 2.67. The lowest BCUT2D eigenvalue weighted by molar-refractivity contribution is -0.0564. The first kappa shape index (κ1) is 16.7. The van der Waals surface area contributed by atoms with Gasteiger partial charge in [-0.1, -0.05) is 23.7 Å². The Hall–Kier alpha value is -1.48. The number of rotatable bonds is 4. The lowest BCUT2D eigenvalue weighted by Gasteiger charge is -2.57. The first-order valence-electron chi connectivity index (χ1n) is 9.99. The zero-order chi connectivity index (χ0) is 17.9. The zero-order valence-corrected chi connectivity index (χ0v) is 16.1. The number of carbonyl (C=O) groups is 1. The third-order valence-corrected chi connectivity index (χ3v) is 7.53. The van der Waals surface area contributed by atoms with Crippen molar-refractivity contribution in [2.24, 2.45) is 23.2 Å². The molecule has 26 heavy (non-hydrogen) atoms. The molecule has 4 bridgehead atoms. The average molecular weight is 372 g/mol. The Balaban J connectivity index is 1.27. The predicted octanol–water partition coefficient (Wildman–Crippen LogP) is 5.73. The van der Waals surface area contributed by atoms with Gasteiger partial charge in [0.25, 0.3) is 5.91 Å². The van der Waals surface area contributed by atoms with Crippen molar-refractivity contribution >= 4 is 28.5 Å². The molecule has 4 aliphatic carbocycles. The molecule has 0 spiro atoms. The molecule has 4 aliphatic rings. The van der Waals surface area contributed by atoms with Crippen LogP contribution >= 0.6 is 11.6 Å². The average Bonchev–Trinajstić information content (AvgIpc) is 2.92. The summed E-state index contributed by atoms with van der Waals surface area (Å²) in [7, 11) is 0. The topological polar surface area (TPSA) is 42.2 Å². The first-order chi connectivity index (χ1) is 12.5. The maximum absolute atomic E-state index is 12.7. The van der Waals surface area contributed by atoms with E-state index in [9.17, 15) is 4.79 Å². The molecule has 3 nitrogen and oxygen atoms in total. The normalized spacial score (nSPS) is 32.3. The standard InChI is InChI=1S/C22H26ClNO2/c1-13-17-3-2-4-18(23)20(17)26-19(13)21(25)24-6-5-22-10-14-7-15(11-22)9-16(8-14)12-22/h2-4,14-16H,5-12H2,1H3,(H,24,25). The minimum absolute atomic E-state index is 0.112. The van der Waals surface area contributed by atoms with Crippen LogP contribution in [0, 0.1) is 30.1 Å². The molecule has 1 amide bonds. The van der Waals surface area contributed by atoms with E-state index < -0.39 is 0 Å². The molecule has 1 N–H and O–H groups in total. The number of nitrogens with one attached hydrogen (secondary N) is 1. The minimum Gasteiger partial charge on any atom is -0.449 e. The van der Waals surface area contributed by atoms with E-state index in [2.05, 4.69) is 5.32 Å². The monoisotopic (exact) mass is 371 g/mol. The van der Waals surface area contributed by atoms with Crippen LogP contribution in [-0.2, 0) is 0 Å². The molecule has 1 aromatic heterocycles. The third-order valence-electron chi connectivity index (χ3n) is 7.23. The van der Waals surface area contributed by atoms with Gasteiger partial charge in [0.1, 0.15) is 0 Å². The summed E-state index contributed by atoms with van der Waals surface area (Å²) in [5.74, 6) is 3.16. The van der Waals surface area contributed by atoms with Crippen molar-refractivity contribution < 1.29 is 9.21 Å². The highest BCUT2D eigenvalue weighted by Crippen LogP contribution is 2.61. The van der Waals surface area contributed by atoms with Gasteiger partial charge in [0.2, 0.25) is 0 Å². The number of amides is 1. The third kappa shape index (κ3) is 2.67. The van der Waals surface area contributed by atoms with Gasteiger partial charge in [0.15, 0.2) is 11.3 Å². The van der Waals surface area contributed by atoms with E-state index in [4.69, 9.17) is 16.0 Å². The van der Waals surface area contributed by atoms with Gasteiger partial charge in [0, 0.05) is 17.5 Å². The number of fused-ring (bicyclic) bond motifs is 1. The van der Waals surface area contributed by atoms with Gasteiger partial charge in [-0.05, 0) is 81.1 Å². The van der Waals surface area contributed by atoms with Crippen LogP contribution in [0.15, 0.2) is 22.6 Å². The first-order valence-corrected chi connectivity index (χ1v) is 10.4. The molecule has 1 heterocycles. The molecule has 0 aliphatic heterocycles. The molecule has 4 heteroatoms. The maximum Gasteiger partial charge on any atom is 0.287 e. The van der Waals surface area contributed by atoms with E-state index in [0.717, 1.165) is 41.7 Å². The summed E-state index contributed by atoms with van der Waals surface area (Å²) in [6, 6.07) is 5.63. The number of carbonyl (C=O) groups excluding carboxylic acids is 1. The molecule has 0 atom stereocenters. The Morgan fingerprint density at radius 1 is 1.19 bits per heavy atom. The van der Waals surface area contributed by atoms with Crippen molar-refractivity contribution in [2.75, 3.05) is 6.54 Å². The van der Waals surface area contributed by atoms with Crippen LogP contribution in [0.2, 0.25) is 5.02 Å². The van der Waals surface area contributed by atoms with E-state index in [1.54, 1.807) is 6.07 Å². The quantitative estimate of drug-likeness (QED) is 0.745. The molecule has 0 saturated heterocycles. The van der Waals surface area contributed by atoms with Crippen molar-refractivity contribution in [1.29, 1.82) is 0 Å². The fourth-order valence-corrected chi connectivity index (χ4v) is 6.76. The number of aryl methyl sites for hydroxylation is 1. The number of benzene rings is 1. The molecular weight excluding hydrogens is 346 g/mol. The second-order valence-corrected chi connectivity index (χ2v) is 9.50. The van der Waals surface area contributed by atoms with Crippen molar-refractivity contribution in [3.63, 3.8) is 0 Å². The summed E-state index contributed by atoms with van der Waals surface area (Å²) >= 11 is 6.20. The summed E-state index contributed by atoms with van der Waals surface area (Å²) in [5.41, 5.74) is 1.97. The van der Waals surface area contributed by atoms with Crippen molar-refractivity contribution in [3.05, 3.63) is 34.5 Å². The minimum atomic E-state index is -0.112. The van der Waals surface area contributed by atoms with Crippen LogP contribution in [0.25, 0.3) is 11.0 Å². The molecule has 6 rings (SSSR count). The van der Waals surface area contributed by atoms with Gasteiger partial charge in [-0.2, -0.15) is 0 Å². The number of para-hydroxylation sites is 1. The van der Waals surface area contributed by atoms with Crippen LogP contribution in [0.3, 0.4) is 0 Å². The van der Waals surface area contributed by atoms with Crippen LogP contribution in [-0.4, -0.2) is 12.5 Å². The highest BCUT2D eigenvalue weighted by atomic mass is 35.5. The Bertz CT molecular complexity index is 833. The largest absolute Gasteiger partial charge is 0.449 e. The second-order valence-electron chi connectivity index (χ2n) is 9.10. The van der Waals surface area contributed by atoms with Crippen LogP contribution < -0.4 is 5.32 Å². The highest BCUT2D eigenvalue weighted by molar-refractivity contribution is 6.35. The molecule has 0 radical (unpaired) electrons. The van der Waals surface area contributed by atoms with Gasteiger partial charge in [-0.25, -0.2) is 0 Å². The van der Waals surface area contributed by atoms with Gasteiger partial charge in [-0.15, -0.1) is 0 Å². The van der Waals surface area contributed by atoms with Crippen LogP contribution in [0.1, 0.15) is 61.1 Å². The maximum atomic E-state index is 12.7. The Morgan fingerprint density at radius 3 is 2.46 bits per heavy atom. The molecule has 138 valence electrons. The van der Waals surface area contributed by atoms with Crippen molar-refractivity contribution in [1.82, 2.24) is 5.32 Å². The van der Waals surface area contributed by atoms with Crippen LogP contribution in [0.4, 0.5) is 0 Å². The number of hydrogen-bond acceptors (Lipinski definition) is 2. The summed E-state index contributed by atoms with van der Waals surface area (Å²) in [5, 5.41) is 4.59.